The number of benzene rings is 1. The molecule has 1 aliphatic heterocycles. The third kappa shape index (κ3) is 5.98. The number of carbonyl (C=O) groups excluding carboxylic acids is 2. The molecule has 138 valence electrons. The highest BCUT2D eigenvalue weighted by molar-refractivity contribution is 7.91. The minimum atomic E-state index is -3.08. The Labute approximate surface area is 152 Å². The molecule has 0 aliphatic carbocycles. The van der Waals surface area contributed by atoms with E-state index in [4.69, 9.17) is 11.6 Å². The van der Waals surface area contributed by atoms with Crippen molar-refractivity contribution >= 4 is 38.9 Å². The zero-order valence-corrected chi connectivity index (χ0v) is 15.8. The van der Waals surface area contributed by atoms with Crippen LogP contribution in [0.4, 0.5) is 5.69 Å². The largest absolute Gasteiger partial charge is 0.345 e. The van der Waals surface area contributed by atoms with Gasteiger partial charge in [-0.1, -0.05) is 23.7 Å². The Morgan fingerprint density at radius 3 is 2.48 bits per heavy atom. The predicted molar refractivity (Wildman–Crippen MR) is 96.5 cm³/mol. The summed E-state index contributed by atoms with van der Waals surface area (Å²) >= 11 is 5.99. The van der Waals surface area contributed by atoms with E-state index in [1.807, 2.05) is 0 Å². The molecule has 1 heterocycles. The van der Waals surface area contributed by atoms with Crippen molar-refractivity contribution in [3.63, 3.8) is 0 Å². The Morgan fingerprint density at radius 1 is 1.24 bits per heavy atom. The van der Waals surface area contributed by atoms with E-state index in [2.05, 4.69) is 10.6 Å². The van der Waals surface area contributed by atoms with Crippen LogP contribution in [0.3, 0.4) is 0 Å². The molecular formula is C16H23ClN3O4S+. The monoisotopic (exact) mass is 388 g/mol. The first kappa shape index (κ1) is 19.7. The normalized spacial score (nSPS) is 23.0. The molecule has 3 N–H and O–H groups in total. The van der Waals surface area contributed by atoms with Crippen molar-refractivity contribution in [2.24, 2.45) is 0 Å². The minimum absolute atomic E-state index is 0.0439. The fraction of sp³-hybridized carbons (Fsp3) is 0.500. The topological polar surface area (TPSA) is 96.8 Å². The Morgan fingerprint density at radius 2 is 1.88 bits per heavy atom. The average Bonchev–Trinajstić information content (AvgIpc) is 2.74. The molecule has 2 amide bonds. The number of hydrogen-bond donors (Lipinski definition) is 3. The third-order valence-corrected chi connectivity index (χ3v) is 6.25. The number of rotatable bonds is 6. The smallest absolute Gasteiger partial charge is 0.279 e. The molecule has 0 spiro atoms. The van der Waals surface area contributed by atoms with Crippen LogP contribution >= 0.6 is 11.6 Å². The lowest BCUT2D eigenvalue weighted by atomic mass is 10.0. The van der Waals surface area contributed by atoms with E-state index in [0.29, 0.717) is 22.0 Å². The quantitative estimate of drug-likeness (QED) is 0.611. The van der Waals surface area contributed by atoms with E-state index in [0.717, 1.165) is 0 Å². The standard InChI is InChI=1S/C16H22ClN3O4S/c1-16(7-8-25(23,24)11-16)19-15(22)10-20(2)9-14(21)18-13-6-4-3-5-12(13)17/h3-6H,7-11H2,1-2H3,(H,18,21)(H,19,22)/p+1/t16-/m1/s1. The molecule has 1 saturated heterocycles. The number of hydrogen-bond acceptors (Lipinski definition) is 4. The molecule has 7 nitrogen and oxygen atoms in total. The molecule has 1 unspecified atom stereocenters. The van der Waals surface area contributed by atoms with Crippen LogP contribution in [0.2, 0.25) is 5.02 Å². The van der Waals surface area contributed by atoms with Gasteiger partial charge in [0.05, 0.1) is 34.8 Å². The van der Waals surface area contributed by atoms with Gasteiger partial charge in [-0.25, -0.2) is 8.42 Å². The molecule has 0 radical (unpaired) electrons. The summed E-state index contributed by atoms with van der Waals surface area (Å²) in [6.45, 7) is 1.90. The number of amides is 2. The molecule has 0 bridgehead atoms. The second-order valence-electron chi connectivity index (χ2n) is 6.79. The second kappa shape index (κ2) is 7.72. The van der Waals surface area contributed by atoms with Crippen molar-refractivity contribution in [1.82, 2.24) is 5.32 Å². The van der Waals surface area contributed by atoms with Crippen LogP contribution in [0.25, 0.3) is 0 Å². The summed E-state index contributed by atoms with van der Waals surface area (Å²) in [5, 5.41) is 5.93. The maximum absolute atomic E-state index is 12.1. The summed E-state index contributed by atoms with van der Waals surface area (Å²) in [5.41, 5.74) is -0.203. The number of para-hydroxylation sites is 1. The molecule has 0 aromatic heterocycles. The lowest BCUT2D eigenvalue weighted by Gasteiger charge is -2.24. The van der Waals surface area contributed by atoms with Crippen molar-refractivity contribution in [3.05, 3.63) is 29.3 Å². The molecular weight excluding hydrogens is 366 g/mol. The van der Waals surface area contributed by atoms with Gasteiger partial charge in [-0.2, -0.15) is 0 Å². The number of sulfone groups is 1. The lowest BCUT2D eigenvalue weighted by molar-refractivity contribution is -0.862. The van der Waals surface area contributed by atoms with Gasteiger partial charge < -0.3 is 15.5 Å². The highest BCUT2D eigenvalue weighted by Crippen LogP contribution is 2.22. The number of likely N-dealkylation sites (N-methyl/N-ethyl adjacent to an activating group) is 1. The highest BCUT2D eigenvalue weighted by Gasteiger charge is 2.39. The van der Waals surface area contributed by atoms with Gasteiger partial charge in [0.1, 0.15) is 0 Å². The predicted octanol–water partition coefficient (Wildman–Crippen LogP) is -0.513. The highest BCUT2D eigenvalue weighted by atomic mass is 35.5. The first-order chi connectivity index (χ1) is 11.6. The van der Waals surface area contributed by atoms with Gasteiger partial charge in [-0.15, -0.1) is 0 Å². The van der Waals surface area contributed by atoms with Gasteiger partial charge in [-0.05, 0) is 25.5 Å². The summed E-state index contributed by atoms with van der Waals surface area (Å²) in [6, 6.07) is 6.91. The Bertz CT molecular complexity index is 768. The SMILES string of the molecule is C[NH+](CC(=O)Nc1ccccc1Cl)CC(=O)N[C@]1(C)CCS(=O)(=O)C1. The molecule has 1 aromatic rings. The van der Waals surface area contributed by atoms with E-state index in [1.165, 1.54) is 0 Å². The first-order valence-corrected chi connectivity index (χ1v) is 10.2. The van der Waals surface area contributed by atoms with Crippen molar-refractivity contribution < 1.29 is 22.9 Å². The van der Waals surface area contributed by atoms with Crippen LogP contribution in [0.5, 0.6) is 0 Å². The van der Waals surface area contributed by atoms with Gasteiger partial charge in [0.25, 0.3) is 11.8 Å². The Hall–Kier alpha value is -1.64. The Balaban J connectivity index is 1.81. The van der Waals surface area contributed by atoms with Crippen LogP contribution in [0.15, 0.2) is 24.3 Å². The van der Waals surface area contributed by atoms with Crippen molar-refractivity contribution in [2.75, 3.05) is 37.0 Å². The van der Waals surface area contributed by atoms with Gasteiger partial charge in [0, 0.05) is 0 Å². The van der Waals surface area contributed by atoms with E-state index < -0.39 is 15.4 Å². The summed E-state index contributed by atoms with van der Waals surface area (Å²) < 4.78 is 23.2. The molecule has 0 saturated carbocycles. The maximum Gasteiger partial charge on any atom is 0.279 e. The zero-order valence-electron chi connectivity index (χ0n) is 14.3. The summed E-state index contributed by atoms with van der Waals surface area (Å²) in [6.07, 6.45) is 0.410. The Kier molecular flexibility index (Phi) is 6.08. The average molecular weight is 389 g/mol. The van der Waals surface area contributed by atoms with Crippen molar-refractivity contribution in [3.8, 4) is 0 Å². The van der Waals surface area contributed by atoms with Crippen LogP contribution in [0.1, 0.15) is 13.3 Å². The molecule has 1 fully saturated rings. The van der Waals surface area contributed by atoms with Crippen molar-refractivity contribution in [2.45, 2.75) is 18.9 Å². The molecule has 9 heteroatoms. The van der Waals surface area contributed by atoms with Gasteiger partial charge in [0.2, 0.25) is 0 Å². The van der Waals surface area contributed by atoms with Gasteiger partial charge >= 0.3 is 0 Å². The van der Waals surface area contributed by atoms with Crippen LogP contribution in [-0.4, -0.2) is 57.4 Å². The number of nitrogens with one attached hydrogen (secondary N) is 3. The van der Waals surface area contributed by atoms with E-state index in [9.17, 15) is 18.0 Å². The summed E-state index contributed by atoms with van der Waals surface area (Å²) in [4.78, 5) is 24.9. The molecule has 25 heavy (non-hydrogen) atoms. The van der Waals surface area contributed by atoms with Crippen LogP contribution in [-0.2, 0) is 19.4 Å². The lowest BCUT2D eigenvalue weighted by Crippen LogP contribution is -3.11. The zero-order chi connectivity index (χ0) is 18.7. The number of carbonyl (C=O) groups is 2. The van der Waals surface area contributed by atoms with Crippen molar-refractivity contribution in [1.29, 1.82) is 0 Å². The number of anilines is 1. The third-order valence-electron chi connectivity index (χ3n) is 4.02. The first-order valence-electron chi connectivity index (χ1n) is 7.96. The summed E-state index contributed by atoms with van der Waals surface area (Å²) in [5.74, 6) is -0.486. The second-order valence-corrected chi connectivity index (χ2v) is 9.38. The minimum Gasteiger partial charge on any atom is -0.345 e. The summed E-state index contributed by atoms with van der Waals surface area (Å²) in [7, 11) is -1.36. The van der Waals surface area contributed by atoms with Gasteiger partial charge in [0.15, 0.2) is 22.9 Å². The fourth-order valence-electron chi connectivity index (χ4n) is 2.86. The maximum atomic E-state index is 12.1. The molecule has 1 aliphatic rings. The fourth-order valence-corrected chi connectivity index (χ4v) is 5.13. The van der Waals surface area contributed by atoms with E-state index in [1.54, 1.807) is 38.2 Å². The molecule has 1 aromatic carbocycles. The van der Waals surface area contributed by atoms with E-state index in [-0.39, 0.29) is 36.4 Å². The number of halogens is 1. The van der Waals surface area contributed by atoms with Crippen LogP contribution in [0, 0.1) is 0 Å². The van der Waals surface area contributed by atoms with Crippen LogP contribution < -0.4 is 15.5 Å². The van der Waals surface area contributed by atoms with E-state index >= 15 is 0 Å². The molecule has 2 rings (SSSR count). The van der Waals surface area contributed by atoms with Gasteiger partial charge in [-0.3, -0.25) is 9.59 Å². The molecule has 2 atom stereocenters. The number of quaternary nitrogens is 1.